The third-order valence-corrected chi connectivity index (χ3v) is 0.846. The molecule has 0 aromatic heterocycles. The van der Waals surface area contributed by atoms with Crippen LogP contribution in [0.3, 0.4) is 0 Å². The lowest BCUT2D eigenvalue weighted by Gasteiger charge is -2.10. The quantitative estimate of drug-likeness (QED) is 0.540. The van der Waals surface area contributed by atoms with Gasteiger partial charge < -0.3 is 0 Å². The molecule has 0 amide bonds. The standard InChI is InChI=1S/C4H4F3N2O/c5-4(6,7)10-3-1-8-2-9-3/h2-3H,1H2. The summed E-state index contributed by atoms with van der Waals surface area (Å²) in [7, 11) is 0. The van der Waals surface area contributed by atoms with E-state index in [0.717, 1.165) is 6.34 Å². The zero-order chi connectivity index (χ0) is 7.61. The second-order valence-corrected chi connectivity index (χ2v) is 1.65. The predicted octanol–water partition coefficient (Wildman–Crippen LogP) is 0.495. The molecule has 1 unspecified atom stereocenters. The molecule has 1 heterocycles. The minimum atomic E-state index is -4.61. The van der Waals surface area contributed by atoms with Gasteiger partial charge in [-0.2, -0.15) is 0 Å². The van der Waals surface area contributed by atoms with Crippen molar-refractivity contribution in [2.75, 3.05) is 6.54 Å². The Hall–Kier alpha value is -0.780. The van der Waals surface area contributed by atoms with Crippen molar-refractivity contribution in [2.24, 2.45) is 4.99 Å². The molecule has 3 nitrogen and oxygen atoms in total. The number of aliphatic imine (C=N–C) groups is 1. The molecule has 1 aliphatic heterocycles. The molecular formula is C4H4F3N2O. The number of nitrogens with zero attached hydrogens (tertiary/aromatic N) is 2. The predicted molar refractivity (Wildman–Crippen MR) is 26.4 cm³/mol. The Kier molecular flexibility index (Phi) is 1.80. The number of alkyl halides is 3. The molecule has 0 aliphatic carbocycles. The summed E-state index contributed by atoms with van der Waals surface area (Å²) in [5.41, 5.74) is 0. The lowest BCUT2D eigenvalue weighted by molar-refractivity contribution is -0.342. The van der Waals surface area contributed by atoms with Gasteiger partial charge in [0, 0.05) is 0 Å². The second kappa shape index (κ2) is 2.45. The first-order valence-electron chi connectivity index (χ1n) is 2.51. The van der Waals surface area contributed by atoms with E-state index in [4.69, 9.17) is 0 Å². The summed E-state index contributed by atoms with van der Waals surface area (Å²) in [5.74, 6) is 0. The largest absolute Gasteiger partial charge is 0.524 e. The average molecular weight is 153 g/mol. The molecule has 6 heteroatoms. The first-order valence-corrected chi connectivity index (χ1v) is 2.51. The molecule has 1 radical (unpaired) electrons. The first-order chi connectivity index (χ1) is 4.58. The van der Waals surface area contributed by atoms with E-state index in [-0.39, 0.29) is 6.54 Å². The summed E-state index contributed by atoms with van der Waals surface area (Å²) >= 11 is 0. The summed E-state index contributed by atoms with van der Waals surface area (Å²) in [5, 5.41) is 3.29. The molecule has 0 saturated carbocycles. The summed E-state index contributed by atoms with van der Waals surface area (Å²) in [4.78, 5) is 3.43. The molecule has 0 spiro atoms. The van der Waals surface area contributed by atoms with Crippen molar-refractivity contribution in [1.29, 1.82) is 0 Å². The van der Waals surface area contributed by atoms with E-state index in [1.54, 1.807) is 0 Å². The van der Waals surface area contributed by atoms with Crippen LogP contribution in [0.1, 0.15) is 0 Å². The van der Waals surface area contributed by atoms with Gasteiger partial charge in [-0.3, -0.25) is 9.73 Å². The molecule has 57 valence electrons. The van der Waals surface area contributed by atoms with Crippen molar-refractivity contribution < 1.29 is 17.9 Å². The normalized spacial score (nSPS) is 24.9. The van der Waals surface area contributed by atoms with E-state index < -0.39 is 12.6 Å². The number of rotatable bonds is 1. The Morgan fingerprint density at radius 1 is 1.50 bits per heavy atom. The number of hydrogen-bond donors (Lipinski definition) is 0. The fraction of sp³-hybridized carbons (Fsp3) is 0.750. The Bertz CT molecular complexity index is 136. The molecule has 0 N–H and O–H groups in total. The molecule has 0 saturated heterocycles. The maximum absolute atomic E-state index is 11.4. The van der Waals surface area contributed by atoms with Crippen LogP contribution in [0.25, 0.3) is 0 Å². The van der Waals surface area contributed by atoms with Gasteiger partial charge in [-0.05, 0) is 0 Å². The zero-order valence-corrected chi connectivity index (χ0v) is 4.80. The van der Waals surface area contributed by atoms with Gasteiger partial charge in [-0.25, -0.2) is 5.32 Å². The van der Waals surface area contributed by atoms with Gasteiger partial charge in [-0.1, -0.05) is 0 Å². The van der Waals surface area contributed by atoms with Crippen LogP contribution >= 0.6 is 0 Å². The minimum absolute atomic E-state index is 0.0422. The summed E-state index contributed by atoms with van der Waals surface area (Å²) in [6, 6.07) is 0. The molecule has 0 fully saturated rings. The van der Waals surface area contributed by atoms with Crippen LogP contribution in [0.5, 0.6) is 0 Å². The monoisotopic (exact) mass is 153 g/mol. The van der Waals surface area contributed by atoms with Gasteiger partial charge in [0.25, 0.3) is 0 Å². The van der Waals surface area contributed by atoms with Crippen molar-refractivity contribution in [3.8, 4) is 0 Å². The van der Waals surface area contributed by atoms with Gasteiger partial charge >= 0.3 is 6.36 Å². The Balaban J connectivity index is 2.26. The number of ether oxygens (including phenoxy) is 1. The van der Waals surface area contributed by atoms with Crippen molar-refractivity contribution in [3.05, 3.63) is 0 Å². The third-order valence-electron chi connectivity index (χ3n) is 0.846. The van der Waals surface area contributed by atoms with E-state index >= 15 is 0 Å². The molecule has 10 heavy (non-hydrogen) atoms. The Morgan fingerprint density at radius 2 is 2.20 bits per heavy atom. The van der Waals surface area contributed by atoms with Crippen molar-refractivity contribution in [2.45, 2.75) is 12.6 Å². The highest BCUT2D eigenvalue weighted by Crippen LogP contribution is 2.18. The molecule has 0 aromatic carbocycles. The maximum atomic E-state index is 11.4. The van der Waals surface area contributed by atoms with E-state index in [0.29, 0.717) is 0 Å². The summed E-state index contributed by atoms with van der Waals surface area (Å²) < 4.78 is 37.6. The highest BCUT2D eigenvalue weighted by molar-refractivity contribution is 5.56. The van der Waals surface area contributed by atoms with Crippen LogP contribution in [-0.4, -0.2) is 25.5 Å². The highest BCUT2D eigenvalue weighted by atomic mass is 19.4. The van der Waals surface area contributed by atoms with Gasteiger partial charge in [0.05, 0.1) is 6.54 Å². The highest BCUT2D eigenvalue weighted by Gasteiger charge is 2.34. The lowest BCUT2D eigenvalue weighted by Crippen LogP contribution is -2.29. The zero-order valence-electron chi connectivity index (χ0n) is 4.80. The average Bonchev–Trinajstić information content (AvgIpc) is 2.12. The van der Waals surface area contributed by atoms with Gasteiger partial charge in [-0.15, -0.1) is 13.2 Å². The molecule has 0 bridgehead atoms. The Morgan fingerprint density at radius 3 is 2.60 bits per heavy atom. The number of halogens is 3. The van der Waals surface area contributed by atoms with Crippen molar-refractivity contribution in [1.82, 2.24) is 5.32 Å². The molecular weight excluding hydrogens is 149 g/mol. The summed E-state index contributed by atoms with van der Waals surface area (Å²) in [6.07, 6.45) is -4.71. The molecule has 1 rings (SSSR count). The SMILES string of the molecule is FC(F)(F)OC1CN=C[N]1. The van der Waals surface area contributed by atoms with E-state index in [1.807, 2.05) is 0 Å². The maximum Gasteiger partial charge on any atom is 0.524 e. The van der Waals surface area contributed by atoms with Crippen molar-refractivity contribution in [3.63, 3.8) is 0 Å². The van der Waals surface area contributed by atoms with Crippen LogP contribution in [0.15, 0.2) is 4.99 Å². The van der Waals surface area contributed by atoms with E-state index in [2.05, 4.69) is 15.0 Å². The fourth-order valence-electron chi connectivity index (χ4n) is 0.528. The van der Waals surface area contributed by atoms with Crippen LogP contribution in [0.4, 0.5) is 13.2 Å². The molecule has 1 atom stereocenters. The van der Waals surface area contributed by atoms with Crippen LogP contribution in [0, 0.1) is 0 Å². The first kappa shape index (κ1) is 7.33. The van der Waals surface area contributed by atoms with E-state index in [9.17, 15) is 13.2 Å². The van der Waals surface area contributed by atoms with Crippen LogP contribution < -0.4 is 5.32 Å². The fourth-order valence-corrected chi connectivity index (χ4v) is 0.528. The second-order valence-electron chi connectivity index (χ2n) is 1.65. The molecule has 0 aromatic rings. The van der Waals surface area contributed by atoms with Crippen LogP contribution in [0.2, 0.25) is 0 Å². The van der Waals surface area contributed by atoms with Crippen LogP contribution in [-0.2, 0) is 4.74 Å². The smallest absolute Gasteiger partial charge is 0.269 e. The summed E-state index contributed by atoms with van der Waals surface area (Å²) in [6.45, 7) is -0.0422. The lowest BCUT2D eigenvalue weighted by atomic mass is 10.6. The van der Waals surface area contributed by atoms with Gasteiger partial charge in [0.15, 0.2) is 6.23 Å². The van der Waals surface area contributed by atoms with Crippen molar-refractivity contribution >= 4 is 6.34 Å². The van der Waals surface area contributed by atoms with Gasteiger partial charge in [0.1, 0.15) is 6.34 Å². The third kappa shape index (κ3) is 2.22. The Labute approximate surface area is 54.9 Å². The number of hydrogen-bond acceptors (Lipinski definition) is 2. The van der Waals surface area contributed by atoms with Gasteiger partial charge in [0.2, 0.25) is 0 Å². The topological polar surface area (TPSA) is 35.7 Å². The molecule has 1 aliphatic rings. The minimum Gasteiger partial charge on any atom is -0.269 e. The van der Waals surface area contributed by atoms with E-state index in [1.165, 1.54) is 0 Å².